The number of hydrogen-bond acceptors (Lipinski definition) is 2. The first-order chi connectivity index (χ1) is 10.3. The molecule has 0 spiro atoms. The van der Waals surface area contributed by atoms with Gasteiger partial charge in [0.25, 0.3) is 0 Å². The van der Waals surface area contributed by atoms with E-state index in [4.69, 9.17) is 4.74 Å². The number of carbonyl (C=O) groups excluding carboxylic acids is 1. The largest absolute Gasteiger partial charge is 0.381 e. The maximum atomic E-state index is 12.4. The summed E-state index contributed by atoms with van der Waals surface area (Å²) < 4.78 is 5.41. The fourth-order valence-corrected chi connectivity index (χ4v) is 2.61. The molecule has 1 N–H and O–H groups in total. The molecule has 1 heterocycles. The molecule has 1 aliphatic heterocycles. The van der Waals surface area contributed by atoms with Crippen molar-refractivity contribution in [3.63, 3.8) is 0 Å². The number of amides is 2. The van der Waals surface area contributed by atoms with Gasteiger partial charge < -0.3 is 15.0 Å². The molecule has 0 saturated carbocycles. The van der Waals surface area contributed by atoms with E-state index in [0.29, 0.717) is 12.5 Å². The number of hydrogen-bond donors (Lipinski definition) is 1. The van der Waals surface area contributed by atoms with E-state index in [1.54, 1.807) is 0 Å². The SMILES string of the molecule is CCCNC(=O)N(Cc1ccccc1)CC1CCOCC1. The summed E-state index contributed by atoms with van der Waals surface area (Å²) >= 11 is 0. The van der Waals surface area contributed by atoms with Gasteiger partial charge >= 0.3 is 6.03 Å². The highest BCUT2D eigenvalue weighted by molar-refractivity contribution is 5.74. The molecule has 0 unspecified atom stereocenters. The maximum Gasteiger partial charge on any atom is 0.317 e. The number of benzene rings is 1. The van der Waals surface area contributed by atoms with Crippen molar-refractivity contribution in [2.24, 2.45) is 5.92 Å². The van der Waals surface area contributed by atoms with Crippen LogP contribution in [0, 0.1) is 5.92 Å². The van der Waals surface area contributed by atoms with Crippen LogP contribution in [0.2, 0.25) is 0 Å². The van der Waals surface area contributed by atoms with E-state index in [-0.39, 0.29) is 6.03 Å². The highest BCUT2D eigenvalue weighted by atomic mass is 16.5. The third-order valence-corrected chi connectivity index (χ3v) is 3.85. The molecule has 0 aromatic heterocycles. The Bertz CT molecular complexity index is 416. The summed E-state index contributed by atoms with van der Waals surface area (Å²) in [5, 5.41) is 3.00. The van der Waals surface area contributed by atoms with Crippen LogP contribution in [0.25, 0.3) is 0 Å². The van der Waals surface area contributed by atoms with E-state index in [9.17, 15) is 4.79 Å². The summed E-state index contributed by atoms with van der Waals surface area (Å²) in [6, 6.07) is 10.2. The van der Waals surface area contributed by atoms with E-state index in [1.807, 2.05) is 23.1 Å². The van der Waals surface area contributed by atoms with E-state index in [2.05, 4.69) is 24.4 Å². The summed E-state index contributed by atoms with van der Waals surface area (Å²) in [5.74, 6) is 0.551. The minimum atomic E-state index is 0.0483. The summed E-state index contributed by atoms with van der Waals surface area (Å²) in [6.07, 6.45) is 3.06. The topological polar surface area (TPSA) is 41.6 Å². The van der Waals surface area contributed by atoms with Crippen molar-refractivity contribution in [3.8, 4) is 0 Å². The summed E-state index contributed by atoms with van der Waals surface area (Å²) in [7, 11) is 0. The molecule has 4 heteroatoms. The molecule has 2 amide bonds. The van der Waals surface area contributed by atoms with Gasteiger partial charge in [-0.3, -0.25) is 0 Å². The Morgan fingerprint density at radius 2 is 2.00 bits per heavy atom. The highest BCUT2D eigenvalue weighted by Crippen LogP contribution is 2.17. The zero-order valence-electron chi connectivity index (χ0n) is 12.9. The predicted octanol–water partition coefficient (Wildman–Crippen LogP) is 3.03. The van der Waals surface area contributed by atoms with Crippen molar-refractivity contribution in [3.05, 3.63) is 35.9 Å². The molecule has 1 aromatic rings. The Balaban J connectivity index is 1.96. The van der Waals surface area contributed by atoms with Gasteiger partial charge in [-0.2, -0.15) is 0 Å². The van der Waals surface area contributed by atoms with Crippen LogP contribution < -0.4 is 5.32 Å². The molecule has 0 radical (unpaired) electrons. The molecule has 2 rings (SSSR count). The first-order valence-electron chi connectivity index (χ1n) is 7.94. The smallest absolute Gasteiger partial charge is 0.317 e. The number of urea groups is 1. The van der Waals surface area contributed by atoms with Crippen LogP contribution in [-0.2, 0) is 11.3 Å². The van der Waals surface area contributed by atoms with Crippen LogP contribution in [0.15, 0.2) is 30.3 Å². The summed E-state index contributed by atoms with van der Waals surface area (Å²) in [5.41, 5.74) is 1.18. The number of ether oxygens (including phenoxy) is 1. The number of carbonyl (C=O) groups is 1. The summed E-state index contributed by atoms with van der Waals surface area (Å²) in [4.78, 5) is 14.3. The lowest BCUT2D eigenvalue weighted by atomic mass is 9.99. The first kappa shape index (κ1) is 15.8. The van der Waals surface area contributed by atoms with Gasteiger partial charge in [0.2, 0.25) is 0 Å². The van der Waals surface area contributed by atoms with Gasteiger partial charge in [0.05, 0.1) is 0 Å². The average molecular weight is 290 g/mol. The lowest BCUT2D eigenvalue weighted by Gasteiger charge is -2.30. The quantitative estimate of drug-likeness (QED) is 0.875. The predicted molar refractivity (Wildman–Crippen MR) is 84.1 cm³/mol. The molecule has 21 heavy (non-hydrogen) atoms. The van der Waals surface area contributed by atoms with Crippen LogP contribution in [0.4, 0.5) is 4.79 Å². The van der Waals surface area contributed by atoms with Crippen LogP contribution in [0.5, 0.6) is 0 Å². The Kier molecular flexibility index (Phi) is 6.54. The maximum absolute atomic E-state index is 12.4. The van der Waals surface area contributed by atoms with Gasteiger partial charge in [0, 0.05) is 32.8 Å². The van der Waals surface area contributed by atoms with E-state index in [1.165, 1.54) is 5.56 Å². The van der Waals surface area contributed by atoms with Gasteiger partial charge in [0.1, 0.15) is 0 Å². The van der Waals surface area contributed by atoms with Crippen molar-refractivity contribution in [1.29, 1.82) is 0 Å². The lowest BCUT2D eigenvalue weighted by Crippen LogP contribution is -2.43. The Labute approximate surface area is 127 Å². The van der Waals surface area contributed by atoms with E-state index >= 15 is 0 Å². The van der Waals surface area contributed by atoms with Crippen LogP contribution >= 0.6 is 0 Å². The van der Waals surface area contributed by atoms with E-state index in [0.717, 1.165) is 45.6 Å². The number of nitrogens with zero attached hydrogens (tertiary/aromatic N) is 1. The van der Waals surface area contributed by atoms with E-state index < -0.39 is 0 Å². The van der Waals surface area contributed by atoms with Gasteiger partial charge in [-0.25, -0.2) is 4.79 Å². The Hall–Kier alpha value is -1.55. The molecule has 1 saturated heterocycles. The molecule has 1 aromatic carbocycles. The third-order valence-electron chi connectivity index (χ3n) is 3.85. The molecular formula is C17H26N2O2. The molecule has 0 aliphatic carbocycles. The van der Waals surface area contributed by atoms with Crippen molar-refractivity contribution >= 4 is 6.03 Å². The minimum Gasteiger partial charge on any atom is -0.381 e. The second-order valence-electron chi connectivity index (χ2n) is 5.65. The monoisotopic (exact) mass is 290 g/mol. The van der Waals surface area contributed by atoms with Crippen molar-refractivity contribution < 1.29 is 9.53 Å². The third kappa shape index (κ3) is 5.38. The van der Waals surface area contributed by atoms with Crippen molar-refractivity contribution in [2.45, 2.75) is 32.7 Å². The molecule has 0 bridgehead atoms. The molecule has 0 atom stereocenters. The van der Waals surface area contributed by atoms with Crippen molar-refractivity contribution in [1.82, 2.24) is 10.2 Å². The molecule has 116 valence electrons. The van der Waals surface area contributed by atoms with Crippen molar-refractivity contribution in [2.75, 3.05) is 26.3 Å². The first-order valence-corrected chi connectivity index (χ1v) is 7.94. The molecule has 1 aliphatic rings. The average Bonchev–Trinajstić information content (AvgIpc) is 2.54. The van der Waals surface area contributed by atoms with Gasteiger partial charge in [-0.05, 0) is 30.7 Å². The highest BCUT2D eigenvalue weighted by Gasteiger charge is 2.21. The number of nitrogens with one attached hydrogen (secondary N) is 1. The Morgan fingerprint density at radius 3 is 2.67 bits per heavy atom. The summed E-state index contributed by atoms with van der Waals surface area (Å²) in [6.45, 7) is 5.93. The second-order valence-corrected chi connectivity index (χ2v) is 5.65. The van der Waals surface area contributed by atoms with Crippen LogP contribution in [-0.4, -0.2) is 37.2 Å². The lowest BCUT2D eigenvalue weighted by molar-refractivity contribution is 0.0556. The normalized spacial score (nSPS) is 15.7. The zero-order valence-corrected chi connectivity index (χ0v) is 12.9. The fourth-order valence-electron chi connectivity index (χ4n) is 2.61. The fraction of sp³-hybridized carbons (Fsp3) is 0.588. The molecular weight excluding hydrogens is 264 g/mol. The Morgan fingerprint density at radius 1 is 1.29 bits per heavy atom. The van der Waals surface area contributed by atoms with Crippen LogP contribution in [0.1, 0.15) is 31.7 Å². The van der Waals surface area contributed by atoms with Crippen LogP contribution in [0.3, 0.4) is 0 Å². The molecule has 1 fully saturated rings. The van der Waals surface area contributed by atoms with Gasteiger partial charge in [0.15, 0.2) is 0 Å². The zero-order chi connectivity index (χ0) is 14.9. The minimum absolute atomic E-state index is 0.0483. The van der Waals surface area contributed by atoms with Gasteiger partial charge in [-0.1, -0.05) is 37.3 Å². The molecule has 4 nitrogen and oxygen atoms in total. The van der Waals surface area contributed by atoms with Gasteiger partial charge in [-0.15, -0.1) is 0 Å². The second kappa shape index (κ2) is 8.67. The number of rotatable bonds is 6. The standard InChI is InChI=1S/C17H26N2O2/c1-2-10-18-17(20)19(13-15-6-4-3-5-7-15)14-16-8-11-21-12-9-16/h3-7,16H,2,8-14H2,1H3,(H,18,20).